The topological polar surface area (TPSA) is 114 Å². The molecule has 4 atom stereocenters. The SMILES string of the molecule is NC(=S)c1cnn([C@@H]2O[C@H](CO)[C@@H](O)[C@H]2O)c1. The van der Waals surface area contributed by atoms with Crippen LogP contribution >= 0.6 is 12.2 Å². The normalized spacial score (nSPS) is 32.9. The molecule has 0 radical (unpaired) electrons. The molecule has 0 saturated carbocycles. The molecule has 1 aromatic rings. The lowest BCUT2D eigenvalue weighted by Crippen LogP contribution is -2.33. The monoisotopic (exact) mass is 259 g/mol. The first-order chi connectivity index (χ1) is 8.04. The molecule has 7 nitrogen and oxygen atoms in total. The second-order valence-corrected chi connectivity index (χ2v) is 4.24. The Kier molecular flexibility index (Phi) is 3.40. The van der Waals surface area contributed by atoms with Gasteiger partial charge in [-0.15, -0.1) is 0 Å². The predicted octanol–water partition coefficient (Wildman–Crippen LogP) is -1.87. The number of aliphatic hydroxyl groups is 3. The zero-order valence-corrected chi connectivity index (χ0v) is 9.62. The fourth-order valence-corrected chi connectivity index (χ4v) is 1.81. The van der Waals surface area contributed by atoms with Crippen molar-refractivity contribution in [3.63, 3.8) is 0 Å². The first-order valence-corrected chi connectivity index (χ1v) is 5.42. The molecule has 1 saturated heterocycles. The maximum Gasteiger partial charge on any atom is 0.179 e. The average molecular weight is 259 g/mol. The highest BCUT2D eigenvalue weighted by atomic mass is 32.1. The Bertz CT molecular complexity index is 424. The van der Waals surface area contributed by atoms with Crippen molar-refractivity contribution in [2.45, 2.75) is 24.5 Å². The van der Waals surface area contributed by atoms with Gasteiger partial charge in [0.15, 0.2) is 6.23 Å². The summed E-state index contributed by atoms with van der Waals surface area (Å²) in [5, 5.41) is 32.2. The van der Waals surface area contributed by atoms with Gasteiger partial charge in [-0.3, -0.25) is 0 Å². The van der Waals surface area contributed by atoms with Crippen LogP contribution in [0, 0.1) is 0 Å². The third-order valence-electron chi connectivity index (χ3n) is 2.66. The highest BCUT2D eigenvalue weighted by Crippen LogP contribution is 2.28. The van der Waals surface area contributed by atoms with Gasteiger partial charge in [-0.2, -0.15) is 5.10 Å². The summed E-state index contributed by atoms with van der Waals surface area (Å²) in [4.78, 5) is 0.183. The number of rotatable bonds is 3. The van der Waals surface area contributed by atoms with E-state index in [2.05, 4.69) is 5.10 Å². The molecule has 2 rings (SSSR count). The molecule has 1 fully saturated rings. The number of ether oxygens (including phenoxy) is 1. The lowest BCUT2D eigenvalue weighted by Gasteiger charge is -2.14. The molecule has 8 heteroatoms. The number of aromatic nitrogens is 2. The molecule has 0 spiro atoms. The Morgan fingerprint density at radius 3 is 2.71 bits per heavy atom. The summed E-state index contributed by atoms with van der Waals surface area (Å²) < 4.78 is 6.60. The van der Waals surface area contributed by atoms with Crippen LogP contribution in [-0.2, 0) is 4.74 Å². The van der Waals surface area contributed by atoms with E-state index in [0.717, 1.165) is 0 Å². The zero-order valence-electron chi connectivity index (χ0n) is 8.80. The minimum absolute atomic E-state index is 0.183. The fraction of sp³-hybridized carbons (Fsp3) is 0.556. The summed E-state index contributed by atoms with van der Waals surface area (Å²) in [5.74, 6) is 0. The highest BCUT2D eigenvalue weighted by molar-refractivity contribution is 7.80. The van der Waals surface area contributed by atoms with Crippen LogP contribution in [0.25, 0.3) is 0 Å². The molecule has 0 amide bonds. The lowest BCUT2D eigenvalue weighted by molar-refractivity contribution is -0.0586. The molecule has 1 aromatic heterocycles. The Labute approximate surface area is 102 Å². The minimum atomic E-state index is -1.16. The summed E-state index contributed by atoms with van der Waals surface area (Å²) in [6, 6.07) is 0. The smallest absolute Gasteiger partial charge is 0.179 e. The van der Waals surface area contributed by atoms with Crippen molar-refractivity contribution >= 4 is 17.2 Å². The van der Waals surface area contributed by atoms with E-state index < -0.39 is 24.5 Å². The van der Waals surface area contributed by atoms with E-state index in [-0.39, 0.29) is 11.6 Å². The van der Waals surface area contributed by atoms with E-state index in [9.17, 15) is 10.2 Å². The Morgan fingerprint density at radius 2 is 2.24 bits per heavy atom. The average Bonchev–Trinajstić information content (AvgIpc) is 2.87. The first-order valence-electron chi connectivity index (χ1n) is 5.01. The predicted molar refractivity (Wildman–Crippen MR) is 61.1 cm³/mol. The van der Waals surface area contributed by atoms with Crippen molar-refractivity contribution in [3.05, 3.63) is 18.0 Å². The van der Waals surface area contributed by atoms with E-state index in [1.807, 2.05) is 0 Å². The van der Waals surface area contributed by atoms with Gasteiger partial charge in [0.25, 0.3) is 0 Å². The quantitative estimate of drug-likeness (QED) is 0.470. The van der Waals surface area contributed by atoms with Crippen molar-refractivity contribution in [2.24, 2.45) is 5.73 Å². The molecule has 17 heavy (non-hydrogen) atoms. The van der Waals surface area contributed by atoms with Gasteiger partial charge >= 0.3 is 0 Å². The Hall–Kier alpha value is -1.06. The molecule has 5 N–H and O–H groups in total. The summed E-state index contributed by atoms with van der Waals surface area (Å²) in [5.41, 5.74) is 5.97. The van der Waals surface area contributed by atoms with Crippen LogP contribution in [0.15, 0.2) is 12.4 Å². The number of hydrogen-bond donors (Lipinski definition) is 4. The second kappa shape index (κ2) is 4.67. The summed E-state index contributed by atoms with van der Waals surface area (Å²) in [7, 11) is 0. The van der Waals surface area contributed by atoms with Crippen molar-refractivity contribution in [3.8, 4) is 0 Å². The molecular weight excluding hydrogens is 246 g/mol. The third kappa shape index (κ3) is 2.17. The van der Waals surface area contributed by atoms with E-state index in [1.165, 1.54) is 17.1 Å². The number of aliphatic hydroxyl groups excluding tert-OH is 3. The Morgan fingerprint density at radius 1 is 1.53 bits per heavy atom. The molecule has 1 aliphatic heterocycles. The molecule has 0 bridgehead atoms. The maximum atomic E-state index is 9.75. The summed E-state index contributed by atoms with van der Waals surface area (Å²) >= 11 is 4.78. The number of nitrogens with two attached hydrogens (primary N) is 1. The lowest BCUT2D eigenvalue weighted by atomic mass is 10.1. The first kappa shape index (κ1) is 12.4. The van der Waals surface area contributed by atoms with Crippen molar-refractivity contribution < 1.29 is 20.1 Å². The van der Waals surface area contributed by atoms with Gasteiger partial charge in [-0.25, -0.2) is 4.68 Å². The van der Waals surface area contributed by atoms with Crippen molar-refractivity contribution in [2.75, 3.05) is 6.61 Å². The van der Waals surface area contributed by atoms with Gasteiger partial charge in [0.1, 0.15) is 23.3 Å². The minimum Gasteiger partial charge on any atom is -0.394 e. The molecule has 0 aliphatic carbocycles. The van der Waals surface area contributed by atoms with Crippen LogP contribution in [0.3, 0.4) is 0 Å². The van der Waals surface area contributed by atoms with Gasteiger partial charge in [-0.05, 0) is 0 Å². The molecule has 0 unspecified atom stereocenters. The van der Waals surface area contributed by atoms with Gasteiger partial charge in [0.05, 0.1) is 12.8 Å². The standard InChI is InChI=1S/C9H13N3O4S/c10-8(17)4-1-11-12(2-4)9-7(15)6(14)5(3-13)16-9/h1-2,5-7,9,13-15H,3H2,(H2,10,17)/t5-,6-,7-,9-/m1/s1. The fourth-order valence-electron chi connectivity index (χ4n) is 1.70. The largest absolute Gasteiger partial charge is 0.394 e. The third-order valence-corrected chi connectivity index (χ3v) is 2.90. The van der Waals surface area contributed by atoms with Crippen LogP contribution in [0.1, 0.15) is 11.8 Å². The second-order valence-electron chi connectivity index (χ2n) is 3.80. The maximum absolute atomic E-state index is 9.75. The van der Waals surface area contributed by atoms with Crippen LogP contribution < -0.4 is 5.73 Å². The summed E-state index contributed by atoms with van der Waals surface area (Å²) in [6.45, 7) is -0.377. The van der Waals surface area contributed by atoms with Crippen molar-refractivity contribution in [1.82, 2.24) is 9.78 Å². The number of nitrogens with zero attached hydrogens (tertiary/aromatic N) is 2. The summed E-state index contributed by atoms with van der Waals surface area (Å²) in [6.07, 6.45) is -1.04. The van der Waals surface area contributed by atoms with Crippen LogP contribution in [0.4, 0.5) is 0 Å². The number of thiocarbonyl (C=S) groups is 1. The number of hydrogen-bond acceptors (Lipinski definition) is 6. The van der Waals surface area contributed by atoms with E-state index >= 15 is 0 Å². The van der Waals surface area contributed by atoms with Crippen LogP contribution in [-0.4, -0.2) is 55.0 Å². The highest BCUT2D eigenvalue weighted by Gasteiger charge is 2.43. The molecule has 0 aromatic carbocycles. The van der Waals surface area contributed by atoms with Gasteiger partial charge < -0.3 is 25.8 Å². The van der Waals surface area contributed by atoms with Crippen LogP contribution in [0.5, 0.6) is 0 Å². The Balaban J connectivity index is 2.19. The van der Waals surface area contributed by atoms with Gasteiger partial charge in [-0.1, -0.05) is 12.2 Å². The van der Waals surface area contributed by atoms with Crippen LogP contribution in [0.2, 0.25) is 0 Å². The molecular formula is C9H13N3O4S. The van der Waals surface area contributed by atoms with E-state index in [0.29, 0.717) is 5.56 Å². The van der Waals surface area contributed by atoms with E-state index in [4.69, 9.17) is 27.8 Å². The van der Waals surface area contributed by atoms with Crippen molar-refractivity contribution in [1.29, 1.82) is 0 Å². The van der Waals surface area contributed by atoms with Gasteiger partial charge in [0.2, 0.25) is 0 Å². The molecule has 94 valence electrons. The zero-order chi connectivity index (χ0) is 12.6. The molecule has 1 aliphatic rings. The van der Waals surface area contributed by atoms with Gasteiger partial charge in [0, 0.05) is 11.8 Å². The van der Waals surface area contributed by atoms with E-state index in [1.54, 1.807) is 0 Å². The molecule has 2 heterocycles.